The fourth-order valence-electron chi connectivity index (χ4n) is 0.630. The topological polar surface area (TPSA) is 25.8 Å². The van der Waals surface area contributed by atoms with Gasteiger partial charge in [-0.15, -0.1) is 17.1 Å². The minimum atomic E-state index is -1.52. The molecule has 4 heteroatoms. The van der Waals surface area contributed by atoms with Crippen LogP contribution in [0.1, 0.15) is 5.69 Å². The summed E-state index contributed by atoms with van der Waals surface area (Å²) >= 11 is 5.78. The van der Waals surface area contributed by atoms with E-state index < -0.39 is 8.07 Å². The molecule has 0 saturated carbocycles. The van der Waals surface area contributed by atoms with Crippen molar-refractivity contribution in [3.63, 3.8) is 0 Å². The summed E-state index contributed by atoms with van der Waals surface area (Å²) < 4.78 is 0. The molecule has 0 radical (unpaired) electrons. The summed E-state index contributed by atoms with van der Waals surface area (Å²) in [5.74, 6) is 2.99. The number of rotatable bonds is 1. The lowest BCUT2D eigenvalue weighted by atomic mass is 10.5. The van der Waals surface area contributed by atoms with Gasteiger partial charge in [0.15, 0.2) is 0 Å². The highest BCUT2D eigenvalue weighted by Gasteiger charge is 2.15. The van der Waals surface area contributed by atoms with E-state index in [4.69, 9.17) is 11.6 Å². The average Bonchev–Trinajstić information content (AvgIpc) is 2.17. The maximum absolute atomic E-state index is 5.78. The predicted molar refractivity (Wildman–Crippen MR) is 57.1 cm³/mol. The van der Waals surface area contributed by atoms with E-state index in [0.29, 0.717) is 11.2 Å². The average molecular weight is 211 g/mol. The molecule has 1 aromatic rings. The summed E-state index contributed by atoms with van der Waals surface area (Å²) in [5, 5.41) is 0. The molecular weight excluding hydrogens is 200 g/mol. The zero-order valence-electron chi connectivity index (χ0n) is 7.71. The van der Waals surface area contributed by atoms with E-state index in [9.17, 15) is 0 Å². The number of hydrogen-bond donors (Lipinski definition) is 0. The molecule has 0 aliphatic carbocycles. The van der Waals surface area contributed by atoms with Gasteiger partial charge in [0.05, 0.1) is 6.20 Å². The molecule has 0 aromatic carbocycles. The maximum atomic E-state index is 5.78. The highest BCUT2D eigenvalue weighted by Crippen LogP contribution is 2.02. The number of aromatic nitrogens is 2. The van der Waals surface area contributed by atoms with Crippen molar-refractivity contribution in [3.8, 4) is 11.5 Å². The standard InChI is InChI=1S/C9H11ClN2Si/c1-13(2,8-10)6-3-9-7-11-4-5-12-9/h4-5,7H,8H2,1-2H3. The van der Waals surface area contributed by atoms with E-state index in [1.165, 1.54) is 0 Å². The van der Waals surface area contributed by atoms with Crippen molar-refractivity contribution in [2.24, 2.45) is 0 Å². The second-order valence-electron chi connectivity index (χ2n) is 3.36. The fraction of sp³-hybridized carbons (Fsp3) is 0.333. The molecule has 68 valence electrons. The van der Waals surface area contributed by atoms with Gasteiger partial charge in [-0.05, 0) is 0 Å². The minimum Gasteiger partial charge on any atom is -0.260 e. The van der Waals surface area contributed by atoms with Gasteiger partial charge in [0.25, 0.3) is 0 Å². The summed E-state index contributed by atoms with van der Waals surface area (Å²) in [4.78, 5) is 7.99. The molecule has 0 N–H and O–H groups in total. The lowest BCUT2D eigenvalue weighted by Crippen LogP contribution is -2.26. The Labute approximate surface area is 84.4 Å². The summed E-state index contributed by atoms with van der Waals surface area (Å²) in [6.45, 7) is 4.26. The molecule has 1 heterocycles. The van der Waals surface area contributed by atoms with Gasteiger partial charge >= 0.3 is 0 Å². The molecule has 0 aliphatic rings. The molecule has 1 aromatic heterocycles. The molecule has 0 aliphatic heterocycles. The van der Waals surface area contributed by atoms with Gasteiger partial charge in [-0.1, -0.05) is 19.0 Å². The fourth-order valence-corrected chi connectivity index (χ4v) is 1.36. The van der Waals surface area contributed by atoms with E-state index in [0.717, 1.165) is 0 Å². The van der Waals surface area contributed by atoms with Crippen LogP contribution in [-0.4, -0.2) is 23.5 Å². The number of alkyl halides is 1. The van der Waals surface area contributed by atoms with Crippen molar-refractivity contribution >= 4 is 19.7 Å². The minimum absolute atomic E-state index is 0.653. The van der Waals surface area contributed by atoms with Crippen LogP contribution in [-0.2, 0) is 0 Å². The second-order valence-corrected chi connectivity index (χ2v) is 8.44. The summed E-state index contributed by atoms with van der Waals surface area (Å²) in [6.07, 6.45) is 4.93. The van der Waals surface area contributed by atoms with Crippen LogP contribution in [0, 0.1) is 11.5 Å². The molecule has 0 fully saturated rings. The van der Waals surface area contributed by atoms with E-state index in [1.54, 1.807) is 18.6 Å². The summed E-state index contributed by atoms with van der Waals surface area (Å²) in [6, 6.07) is 0. The Morgan fingerprint density at radius 1 is 1.46 bits per heavy atom. The van der Waals surface area contributed by atoms with Crippen LogP contribution in [0.2, 0.25) is 13.1 Å². The third-order valence-electron chi connectivity index (χ3n) is 1.43. The first-order valence-electron chi connectivity index (χ1n) is 3.99. The summed E-state index contributed by atoms with van der Waals surface area (Å²) in [5.41, 5.74) is 4.55. The smallest absolute Gasteiger partial charge is 0.147 e. The number of nitrogens with zero attached hydrogens (tertiary/aromatic N) is 2. The third-order valence-corrected chi connectivity index (χ3v) is 4.90. The molecule has 0 saturated heterocycles. The van der Waals surface area contributed by atoms with Crippen molar-refractivity contribution in [2.45, 2.75) is 13.1 Å². The van der Waals surface area contributed by atoms with Gasteiger partial charge in [-0.2, -0.15) is 0 Å². The van der Waals surface area contributed by atoms with Gasteiger partial charge in [-0.25, -0.2) is 4.98 Å². The largest absolute Gasteiger partial charge is 0.260 e. The zero-order chi connectivity index (χ0) is 9.73. The van der Waals surface area contributed by atoms with E-state index in [1.807, 2.05) is 0 Å². The highest BCUT2D eigenvalue weighted by atomic mass is 35.5. The first-order valence-corrected chi connectivity index (χ1v) is 7.73. The number of halogens is 1. The van der Waals surface area contributed by atoms with Crippen molar-refractivity contribution in [2.75, 3.05) is 5.50 Å². The molecule has 0 spiro atoms. The third kappa shape index (κ3) is 3.58. The Bertz CT molecular complexity index is 326. The van der Waals surface area contributed by atoms with Crippen molar-refractivity contribution < 1.29 is 0 Å². The Balaban J connectivity index is 2.79. The highest BCUT2D eigenvalue weighted by molar-refractivity contribution is 6.89. The SMILES string of the molecule is C[Si](C)(C#Cc1cnccn1)CCl. The zero-order valence-corrected chi connectivity index (χ0v) is 9.47. The Morgan fingerprint density at radius 2 is 2.23 bits per heavy atom. The van der Waals surface area contributed by atoms with Gasteiger partial charge in [0.2, 0.25) is 0 Å². The maximum Gasteiger partial charge on any atom is 0.147 e. The van der Waals surface area contributed by atoms with Crippen LogP contribution in [0.25, 0.3) is 0 Å². The van der Waals surface area contributed by atoms with Crippen molar-refractivity contribution in [1.29, 1.82) is 0 Å². The molecule has 0 unspecified atom stereocenters. The van der Waals surface area contributed by atoms with E-state index in [2.05, 4.69) is 34.5 Å². The molecule has 0 atom stereocenters. The van der Waals surface area contributed by atoms with Crippen LogP contribution >= 0.6 is 11.6 Å². The van der Waals surface area contributed by atoms with Crippen molar-refractivity contribution in [3.05, 3.63) is 24.3 Å². The molecule has 13 heavy (non-hydrogen) atoms. The molecule has 0 bridgehead atoms. The number of hydrogen-bond acceptors (Lipinski definition) is 2. The van der Waals surface area contributed by atoms with Gasteiger partial charge in [0.1, 0.15) is 13.8 Å². The lowest BCUT2D eigenvalue weighted by molar-refractivity contribution is 1.17. The van der Waals surface area contributed by atoms with Crippen LogP contribution in [0.5, 0.6) is 0 Å². The first kappa shape index (κ1) is 10.2. The Morgan fingerprint density at radius 3 is 2.77 bits per heavy atom. The predicted octanol–water partition coefficient (Wildman–Crippen LogP) is 1.85. The van der Waals surface area contributed by atoms with E-state index in [-0.39, 0.29) is 0 Å². The Hall–Kier alpha value is -0.853. The van der Waals surface area contributed by atoms with Gasteiger partial charge in [0, 0.05) is 17.9 Å². The van der Waals surface area contributed by atoms with Crippen LogP contribution < -0.4 is 0 Å². The van der Waals surface area contributed by atoms with Crippen LogP contribution in [0.3, 0.4) is 0 Å². The quantitative estimate of drug-likeness (QED) is 0.402. The first-order chi connectivity index (χ1) is 6.14. The molecular formula is C9H11ClN2Si. The second kappa shape index (κ2) is 4.40. The van der Waals surface area contributed by atoms with Gasteiger partial charge < -0.3 is 0 Å². The molecule has 1 rings (SSSR count). The van der Waals surface area contributed by atoms with Crippen LogP contribution in [0.15, 0.2) is 18.6 Å². The normalized spacial score (nSPS) is 10.4. The molecule has 2 nitrogen and oxygen atoms in total. The van der Waals surface area contributed by atoms with Crippen molar-refractivity contribution in [1.82, 2.24) is 9.97 Å². The monoisotopic (exact) mass is 210 g/mol. The summed E-state index contributed by atoms with van der Waals surface area (Å²) in [7, 11) is -1.52. The molecule has 0 amide bonds. The van der Waals surface area contributed by atoms with E-state index >= 15 is 0 Å². The lowest BCUT2D eigenvalue weighted by Gasteiger charge is -2.07. The van der Waals surface area contributed by atoms with Crippen LogP contribution in [0.4, 0.5) is 0 Å². The van der Waals surface area contributed by atoms with Gasteiger partial charge in [-0.3, -0.25) is 4.98 Å². The Kier molecular flexibility index (Phi) is 3.46.